The van der Waals surface area contributed by atoms with Crippen LogP contribution in [-0.4, -0.2) is 33.5 Å². The normalized spacial score (nSPS) is 12.1. The molecule has 0 aliphatic rings. The minimum atomic E-state index is -4.46. The van der Waals surface area contributed by atoms with E-state index >= 15 is 0 Å². The Morgan fingerprint density at radius 3 is 2.00 bits per heavy atom. The minimum Gasteiger partial charge on any atom is -0.493 e. The first kappa shape index (κ1) is 24.6. The molecule has 0 aliphatic carbocycles. The number of hydrogen-bond donors (Lipinski definition) is 0. The number of sulfonamides is 1. The van der Waals surface area contributed by atoms with Crippen molar-refractivity contribution in [2.24, 2.45) is 0 Å². The summed E-state index contributed by atoms with van der Waals surface area (Å²) in [6, 6.07) is 17.8. The van der Waals surface area contributed by atoms with Crippen molar-refractivity contribution in [1.82, 2.24) is 4.31 Å². The van der Waals surface area contributed by atoms with E-state index in [-0.39, 0.29) is 18.0 Å². The molecule has 0 heterocycles. The zero-order valence-corrected chi connectivity index (χ0v) is 19.0. The van der Waals surface area contributed by atoms with Crippen LogP contribution in [-0.2, 0) is 29.2 Å². The molecular formula is C24H24F3NO4S. The SMILES string of the molecule is COc1ccc(CCN(Cc2ccc(C(F)(F)F)cc2)S(=O)(=O)c2ccccc2)cc1OC. The van der Waals surface area contributed by atoms with Gasteiger partial charge in [0.25, 0.3) is 0 Å². The number of methoxy groups -OCH3 is 2. The van der Waals surface area contributed by atoms with Crippen molar-refractivity contribution in [3.05, 3.63) is 89.5 Å². The van der Waals surface area contributed by atoms with Gasteiger partial charge in [-0.3, -0.25) is 0 Å². The molecule has 3 rings (SSSR count). The fourth-order valence-electron chi connectivity index (χ4n) is 3.32. The van der Waals surface area contributed by atoms with E-state index < -0.39 is 21.8 Å². The zero-order chi connectivity index (χ0) is 24.1. The number of nitrogens with zero attached hydrogens (tertiary/aromatic N) is 1. The molecule has 3 aromatic rings. The second-order valence-electron chi connectivity index (χ2n) is 7.29. The first-order chi connectivity index (χ1) is 15.6. The topological polar surface area (TPSA) is 55.8 Å². The van der Waals surface area contributed by atoms with Gasteiger partial charge in [-0.2, -0.15) is 17.5 Å². The molecule has 0 radical (unpaired) electrons. The maximum Gasteiger partial charge on any atom is 0.416 e. The van der Waals surface area contributed by atoms with Gasteiger partial charge in [-0.05, 0) is 53.9 Å². The molecule has 9 heteroatoms. The predicted molar refractivity (Wildman–Crippen MR) is 119 cm³/mol. The number of benzene rings is 3. The zero-order valence-electron chi connectivity index (χ0n) is 18.2. The van der Waals surface area contributed by atoms with Crippen molar-refractivity contribution in [3.63, 3.8) is 0 Å². The average molecular weight is 480 g/mol. The van der Waals surface area contributed by atoms with E-state index in [1.807, 2.05) is 6.07 Å². The van der Waals surface area contributed by atoms with E-state index in [1.54, 1.807) is 30.3 Å². The lowest BCUT2D eigenvalue weighted by Gasteiger charge is -2.23. The molecule has 0 amide bonds. The van der Waals surface area contributed by atoms with Crippen LogP contribution in [0, 0.1) is 0 Å². The molecule has 0 aliphatic heterocycles. The highest BCUT2D eigenvalue weighted by atomic mass is 32.2. The van der Waals surface area contributed by atoms with Gasteiger partial charge in [0, 0.05) is 13.1 Å². The average Bonchev–Trinajstić information content (AvgIpc) is 2.81. The van der Waals surface area contributed by atoms with E-state index in [0.717, 1.165) is 17.7 Å². The summed E-state index contributed by atoms with van der Waals surface area (Å²) in [7, 11) is -0.845. The monoisotopic (exact) mass is 479 g/mol. The summed E-state index contributed by atoms with van der Waals surface area (Å²) >= 11 is 0. The van der Waals surface area contributed by atoms with Crippen LogP contribution in [0.2, 0.25) is 0 Å². The molecule has 0 unspecified atom stereocenters. The molecule has 33 heavy (non-hydrogen) atoms. The summed E-state index contributed by atoms with van der Waals surface area (Å²) in [6.07, 6.45) is -4.09. The van der Waals surface area contributed by atoms with E-state index in [1.165, 1.54) is 42.8 Å². The largest absolute Gasteiger partial charge is 0.493 e. The lowest BCUT2D eigenvalue weighted by Crippen LogP contribution is -2.32. The van der Waals surface area contributed by atoms with Gasteiger partial charge < -0.3 is 9.47 Å². The maximum absolute atomic E-state index is 13.3. The highest BCUT2D eigenvalue weighted by Crippen LogP contribution is 2.30. The summed E-state index contributed by atoms with van der Waals surface area (Å²) in [5.74, 6) is 1.08. The van der Waals surface area contributed by atoms with Crippen molar-refractivity contribution in [1.29, 1.82) is 0 Å². The van der Waals surface area contributed by atoms with Gasteiger partial charge in [0.2, 0.25) is 10.0 Å². The van der Waals surface area contributed by atoms with Crippen molar-refractivity contribution < 1.29 is 31.1 Å². The van der Waals surface area contributed by atoms with Crippen LogP contribution in [0.25, 0.3) is 0 Å². The molecule has 0 saturated carbocycles. The Bertz CT molecular complexity index is 1160. The number of ether oxygens (including phenoxy) is 2. The molecule has 5 nitrogen and oxygen atoms in total. The Balaban J connectivity index is 1.87. The quantitative estimate of drug-likeness (QED) is 0.426. The van der Waals surface area contributed by atoms with Crippen molar-refractivity contribution in [2.45, 2.75) is 24.0 Å². The smallest absolute Gasteiger partial charge is 0.416 e. The van der Waals surface area contributed by atoms with Gasteiger partial charge in [0.1, 0.15) is 0 Å². The second kappa shape index (κ2) is 10.3. The molecule has 0 aromatic heterocycles. The lowest BCUT2D eigenvalue weighted by molar-refractivity contribution is -0.137. The fraction of sp³-hybridized carbons (Fsp3) is 0.250. The standard InChI is InChI=1S/C24H24F3NO4S/c1-31-22-13-10-18(16-23(22)32-2)14-15-28(33(29,30)21-6-4-3-5-7-21)17-19-8-11-20(12-9-19)24(25,26)27/h3-13,16H,14-15,17H2,1-2H3. The molecule has 3 aromatic carbocycles. The number of hydrogen-bond acceptors (Lipinski definition) is 4. The molecular weight excluding hydrogens is 455 g/mol. The Labute approximate surface area is 191 Å². The van der Waals surface area contributed by atoms with Crippen molar-refractivity contribution in [2.75, 3.05) is 20.8 Å². The van der Waals surface area contributed by atoms with Crippen molar-refractivity contribution in [3.8, 4) is 11.5 Å². The molecule has 0 spiro atoms. The van der Waals surface area contributed by atoms with Crippen LogP contribution in [0.5, 0.6) is 11.5 Å². The number of alkyl halides is 3. The fourth-order valence-corrected chi connectivity index (χ4v) is 4.77. The Morgan fingerprint density at radius 1 is 0.818 bits per heavy atom. The molecule has 0 atom stereocenters. The van der Waals surface area contributed by atoms with E-state index in [2.05, 4.69) is 0 Å². The maximum atomic E-state index is 13.3. The van der Waals surface area contributed by atoms with Crippen LogP contribution in [0.1, 0.15) is 16.7 Å². The second-order valence-corrected chi connectivity index (χ2v) is 9.22. The van der Waals surface area contributed by atoms with E-state index in [0.29, 0.717) is 23.5 Å². The highest BCUT2D eigenvalue weighted by Gasteiger charge is 2.30. The minimum absolute atomic E-state index is 0.0668. The number of rotatable bonds is 9. The van der Waals surface area contributed by atoms with Crippen LogP contribution in [0.15, 0.2) is 77.7 Å². The summed E-state index contributed by atoms with van der Waals surface area (Å²) in [5, 5.41) is 0. The van der Waals surface area contributed by atoms with Crippen LogP contribution in [0.4, 0.5) is 13.2 Å². The molecule has 0 N–H and O–H groups in total. The van der Waals surface area contributed by atoms with Crippen LogP contribution in [0.3, 0.4) is 0 Å². The Morgan fingerprint density at radius 2 is 1.42 bits per heavy atom. The third-order valence-corrected chi connectivity index (χ3v) is 6.98. The van der Waals surface area contributed by atoms with E-state index in [4.69, 9.17) is 9.47 Å². The third-order valence-electron chi connectivity index (χ3n) is 5.12. The molecule has 0 fully saturated rings. The lowest BCUT2D eigenvalue weighted by atomic mass is 10.1. The first-order valence-corrected chi connectivity index (χ1v) is 11.5. The predicted octanol–water partition coefficient (Wildman–Crippen LogP) is 5.16. The van der Waals surface area contributed by atoms with E-state index in [9.17, 15) is 21.6 Å². The Kier molecular flexibility index (Phi) is 7.65. The van der Waals surface area contributed by atoms with Gasteiger partial charge in [-0.1, -0.05) is 36.4 Å². The van der Waals surface area contributed by atoms with Crippen molar-refractivity contribution >= 4 is 10.0 Å². The summed E-state index contributed by atoms with van der Waals surface area (Å²) < 4.78 is 77.1. The highest BCUT2D eigenvalue weighted by molar-refractivity contribution is 7.89. The number of halogens is 3. The molecule has 0 saturated heterocycles. The third kappa shape index (κ3) is 6.06. The molecule has 176 valence electrons. The van der Waals surface area contributed by atoms with Gasteiger partial charge in [0.05, 0.1) is 24.7 Å². The van der Waals surface area contributed by atoms with Crippen LogP contribution < -0.4 is 9.47 Å². The van der Waals surface area contributed by atoms with Crippen LogP contribution >= 0.6 is 0 Å². The molecule has 0 bridgehead atoms. The summed E-state index contributed by atoms with van der Waals surface area (Å²) in [5.41, 5.74) is 0.497. The van der Waals surface area contributed by atoms with Gasteiger partial charge >= 0.3 is 6.18 Å². The summed E-state index contributed by atoms with van der Waals surface area (Å²) in [4.78, 5) is 0.115. The Hall–Kier alpha value is -3.04. The van der Waals surface area contributed by atoms with Gasteiger partial charge in [-0.25, -0.2) is 8.42 Å². The first-order valence-electron chi connectivity index (χ1n) is 10.1. The summed E-state index contributed by atoms with van der Waals surface area (Å²) in [6.45, 7) is 0.0520. The van der Waals surface area contributed by atoms with Gasteiger partial charge in [0.15, 0.2) is 11.5 Å². The van der Waals surface area contributed by atoms with Gasteiger partial charge in [-0.15, -0.1) is 0 Å².